The van der Waals surface area contributed by atoms with Crippen LogP contribution in [-0.2, 0) is 18.9 Å². The number of ether oxygens (including phenoxy) is 4. The van der Waals surface area contributed by atoms with Gasteiger partial charge in [0.25, 0.3) is 0 Å². The van der Waals surface area contributed by atoms with Crippen LogP contribution in [0.4, 0.5) is 0 Å². The molecule has 7 unspecified atom stereocenters. The lowest BCUT2D eigenvalue weighted by Crippen LogP contribution is -2.59. The molecule has 0 amide bonds. The predicted molar refractivity (Wildman–Crippen MR) is 99.7 cm³/mol. The van der Waals surface area contributed by atoms with Gasteiger partial charge < -0.3 is 49.6 Å². The van der Waals surface area contributed by atoms with Crippen molar-refractivity contribution in [1.29, 1.82) is 0 Å². The second-order valence-electron chi connectivity index (χ2n) is 6.11. The molecule has 0 saturated carbocycles. The van der Waals surface area contributed by atoms with E-state index in [1.54, 1.807) is 0 Å². The van der Waals surface area contributed by atoms with Crippen LogP contribution in [0.15, 0.2) is 0 Å². The van der Waals surface area contributed by atoms with Crippen LogP contribution in [0.5, 0.6) is 0 Å². The fourth-order valence-electron chi connectivity index (χ4n) is 2.45. The molecule has 9 atom stereocenters. The van der Waals surface area contributed by atoms with Gasteiger partial charge in [-0.15, -0.1) is 0 Å². The van der Waals surface area contributed by atoms with E-state index in [4.69, 9.17) is 24.1 Å². The zero-order valence-electron chi connectivity index (χ0n) is 14.9. The Morgan fingerprint density at radius 1 is 1.04 bits per heavy atom. The van der Waals surface area contributed by atoms with Crippen LogP contribution in [0, 0.1) is 0 Å². The maximum atomic E-state index is 10.1. The molecule has 1 heterocycles. The normalized spacial score (nSPS) is 33.4. The van der Waals surface area contributed by atoms with Crippen LogP contribution < -0.4 is 0 Å². The van der Waals surface area contributed by atoms with Gasteiger partial charge in [0, 0.05) is 11.5 Å². The molecule has 1 fully saturated rings. The number of hydrogen-bond donors (Lipinski definition) is 8. The third-order valence-corrected chi connectivity index (χ3v) is 4.63. The highest BCUT2D eigenvalue weighted by Crippen LogP contribution is 2.25. The Labute approximate surface area is 168 Å². The molecule has 1 aliphatic heterocycles. The van der Waals surface area contributed by atoms with E-state index in [0.717, 1.165) is 0 Å². The largest absolute Gasteiger partial charge is 0.394 e. The molecule has 0 spiro atoms. The van der Waals surface area contributed by atoms with E-state index in [-0.39, 0.29) is 12.4 Å². The van der Waals surface area contributed by atoms with Gasteiger partial charge in [0.1, 0.15) is 30.5 Å². The summed E-state index contributed by atoms with van der Waals surface area (Å²) in [5, 5.41) is 58.3. The Hall–Kier alpha value is 0.300. The molecular formula is C15H30O10S2. The number of aliphatic hydroxyl groups excluding tert-OH is 6. The van der Waals surface area contributed by atoms with Crippen molar-refractivity contribution in [1.82, 2.24) is 0 Å². The molecule has 0 aromatic heterocycles. The summed E-state index contributed by atoms with van der Waals surface area (Å²) in [4.78, 5) is 0. The molecular weight excluding hydrogens is 404 g/mol. The van der Waals surface area contributed by atoms with E-state index in [2.05, 4.69) is 25.3 Å². The first-order valence-electron chi connectivity index (χ1n) is 8.54. The van der Waals surface area contributed by atoms with Crippen LogP contribution in [0.2, 0.25) is 0 Å². The van der Waals surface area contributed by atoms with Crippen LogP contribution in [-0.4, -0.2) is 117 Å². The zero-order valence-corrected chi connectivity index (χ0v) is 16.7. The maximum absolute atomic E-state index is 10.1. The van der Waals surface area contributed by atoms with Crippen molar-refractivity contribution in [3.63, 3.8) is 0 Å². The molecule has 0 aromatic rings. The van der Waals surface area contributed by atoms with Crippen molar-refractivity contribution in [3.8, 4) is 0 Å². The summed E-state index contributed by atoms with van der Waals surface area (Å²) in [5.74, 6) is 0.433. The quantitative estimate of drug-likeness (QED) is 0.119. The highest BCUT2D eigenvalue weighted by molar-refractivity contribution is 7.80. The van der Waals surface area contributed by atoms with Gasteiger partial charge in [0.2, 0.25) is 0 Å². The molecule has 0 bridgehead atoms. The van der Waals surface area contributed by atoms with Crippen LogP contribution in [0.25, 0.3) is 0 Å². The summed E-state index contributed by atoms with van der Waals surface area (Å²) in [5.41, 5.74) is 0. The van der Waals surface area contributed by atoms with E-state index >= 15 is 0 Å². The fraction of sp³-hybridized carbons (Fsp3) is 1.00. The van der Waals surface area contributed by atoms with Crippen LogP contribution in [0.1, 0.15) is 6.92 Å². The minimum atomic E-state index is -1.53. The Bertz CT molecular complexity index is 405. The van der Waals surface area contributed by atoms with E-state index in [9.17, 15) is 25.5 Å². The number of hydrogen-bond acceptors (Lipinski definition) is 12. The SMILES string of the molecule is C[C@H](OC1OC(CS)C(O)C(O)C1O)C(CO)OC(OCCS)[C@@H](O)CO. The van der Waals surface area contributed by atoms with Gasteiger partial charge in [-0.25, -0.2) is 0 Å². The Morgan fingerprint density at radius 2 is 1.70 bits per heavy atom. The molecule has 6 N–H and O–H groups in total. The van der Waals surface area contributed by atoms with Crippen molar-refractivity contribution in [2.24, 2.45) is 0 Å². The Balaban J connectivity index is 2.74. The van der Waals surface area contributed by atoms with Gasteiger partial charge in [0.05, 0.1) is 32.0 Å². The topological polar surface area (TPSA) is 158 Å². The monoisotopic (exact) mass is 434 g/mol. The predicted octanol–water partition coefficient (Wildman–Crippen LogP) is -2.87. The summed E-state index contributed by atoms with van der Waals surface area (Å²) in [6.07, 6.45) is -11.0. The van der Waals surface area contributed by atoms with Crippen molar-refractivity contribution in [2.75, 3.05) is 31.3 Å². The standard InChI is InChI=1S/C15H30O10S2/c1-7(9(5-17)24-14(8(18)4-16)22-2-3-26)23-15-13(21)12(20)11(19)10(6-27)25-15/h7-21,26-27H,2-6H2,1H3/t7-,8-,9?,10?,11?,12?,13?,14?,15?/m0/s1. The van der Waals surface area contributed by atoms with Crippen molar-refractivity contribution >= 4 is 25.3 Å². The maximum Gasteiger partial charge on any atom is 0.187 e. The van der Waals surface area contributed by atoms with E-state index in [0.29, 0.717) is 5.75 Å². The van der Waals surface area contributed by atoms with Gasteiger partial charge in [-0.3, -0.25) is 0 Å². The highest BCUT2D eigenvalue weighted by atomic mass is 32.1. The lowest BCUT2D eigenvalue weighted by molar-refractivity contribution is -0.318. The molecule has 12 heteroatoms. The summed E-state index contributed by atoms with van der Waals surface area (Å²) < 4.78 is 21.7. The van der Waals surface area contributed by atoms with Gasteiger partial charge >= 0.3 is 0 Å². The Morgan fingerprint density at radius 3 is 2.22 bits per heavy atom. The summed E-state index contributed by atoms with van der Waals surface area (Å²) >= 11 is 8.01. The number of thiol groups is 2. The molecule has 1 saturated heterocycles. The van der Waals surface area contributed by atoms with E-state index in [1.165, 1.54) is 6.92 Å². The van der Waals surface area contributed by atoms with Crippen LogP contribution in [0.3, 0.4) is 0 Å². The first-order chi connectivity index (χ1) is 12.8. The highest BCUT2D eigenvalue weighted by Gasteiger charge is 2.45. The van der Waals surface area contributed by atoms with E-state index in [1.807, 2.05) is 0 Å². The molecule has 162 valence electrons. The number of rotatable bonds is 12. The average Bonchev–Trinajstić information content (AvgIpc) is 2.67. The fourth-order valence-corrected chi connectivity index (χ4v) is 2.86. The summed E-state index contributed by atoms with van der Waals surface area (Å²) in [7, 11) is 0. The second-order valence-corrected chi connectivity index (χ2v) is 6.92. The first-order valence-corrected chi connectivity index (χ1v) is 9.80. The third kappa shape index (κ3) is 7.24. The zero-order chi connectivity index (χ0) is 20.6. The smallest absolute Gasteiger partial charge is 0.187 e. The first kappa shape index (κ1) is 25.3. The van der Waals surface area contributed by atoms with Gasteiger partial charge in [-0.1, -0.05) is 0 Å². The molecule has 1 rings (SSSR count). The summed E-state index contributed by atoms with van der Waals surface area (Å²) in [6, 6.07) is 0. The van der Waals surface area contributed by atoms with E-state index < -0.39 is 68.5 Å². The Kier molecular flexibility index (Phi) is 12.0. The molecule has 10 nitrogen and oxygen atoms in total. The van der Waals surface area contributed by atoms with Gasteiger partial charge in [-0.2, -0.15) is 25.3 Å². The number of aliphatic hydroxyl groups is 6. The molecule has 1 aliphatic rings. The molecule has 27 heavy (non-hydrogen) atoms. The van der Waals surface area contributed by atoms with Crippen LogP contribution >= 0.6 is 25.3 Å². The van der Waals surface area contributed by atoms with Crippen molar-refractivity contribution in [3.05, 3.63) is 0 Å². The molecule has 0 aliphatic carbocycles. The second kappa shape index (κ2) is 12.8. The van der Waals surface area contributed by atoms with Gasteiger partial charge in [0.15, 0.2) is 12.6 Å². The lowest BCUT2D eigenvalue weighted by Gasteiger charge is -2.41. The third-order valence-electron chi connectivity index (χ3n) is 4.08. The summed E-state index contributed by atoms with van der Waals surface area (Å²) in [6.45, 7) is 0.508. The average molecular weight is 435 g/mol. The minimum Gasteiger partial charge on any atom is -0.394 e. The lowest BCUT2D eigenvalue weighted by atomic mass is 10.00. The molecule has 0 radical (unpaired) electrons. The molecule has 0 aromatic carbocycles. The van der Waals surface area contributed by atoms with Gasteiger partial charge in [-0.05, 0) is 6.92 Å². The minimum absolute atomic E-state index is 0.0848. The van der Waals surface area contributed by atoms with Crippen molar-refractivity contribution in [2.45, 2.75) is 62.2 Å². The van der Waals surface area contributed by atoms with Crippen molar-refractivity contribution < 1.29 is 49.6 Å².